The Balaban J connectivity index is 1.41. The van der Waals surface area contributed by atoms with Gasteiger partial charge in [-0.05, 0) is 58.6 Å². The molecule has 6 rings (SSSR count). The number of aromatic hydroxyl groups is 1. The fraction of sp³-hybridized carbons (Fsp3) is 0.361. The van der Waals surface area contributed by atoms with E-state index < -0.39 is 47.4 Å². The third kappa shape index (κ3) is 7.82. The molecule has 1 aliphatic rings. The third-order valence-electron chi connectivity index (χ3n) is 9.25. The van der Waals surface area contributed by atoms with Crippen LogP contribution in [0.15, 0.2) is 47.5 Å². The van der Waals surface area contributed by atoms with E-state index >= 15 is 4.39 Å². The summed E-state index contributed by atoms with van der Waals surface area (Å²) in [6.07, 6.45) is -3.23. The van der Waals surface area contributed by atoms with Crippen molar-refractivity contribution in [2.45, 2.75) is 52.5 Å². The minimum absolute atomic E-state index is 0.00788. The summed E-state index contributed by atoms with van der Waals surface area (Å²) in [5.41, 5.74) is -0.347. The van der Waals surface area contributed by atoms with Crippen molar-refractivity contribution in [3.63, 3.8) is 0 Å². The number of hydrogen-bond acceptors (Lipinski definition) is 10. The molecule has 0 unspecified atom stereocenters. The minimum atomic E-state index is -4.64. The first kappa shape index (κ1) is 39.1. The van der Waals surface area contributed by atoms with Crippen molar-refractivity contribution >= 4 is 46.0 Å². The zero-order chi connectivity index (χ0) is 39.9. The van der Waals surface area contributed by atoms with Crippen molar-refractivity contribution in [3.8, 4) is 11.4 Å². The number of carbonyl (C=O) groups excluding carboxylic acids is 2. The standard InChI is InChI=1S/C36H37ClF4N10O4/c1-6-27-31(48-11-12-49(19(2)15-48)35(55)30-32(53)20(3)42-18-43-30)33(54)29-34(46-51(45-29)23-9-7-21(16-47(4)5)25(38)14-23)50(27)17-28(52)44-26-10-8-22(13-24(26)37)36(39,40)41/h7-10,13-14,18-19,53H,6,11-12,15-17H2,1-5H3,(H,44,52)/t19-/m1/s1. The van der Waals surface area contributed by atoms with Gasteiger partial charge in [-0.25, -0.2) is 14.4 Å². The highest BCUT2D eigenvalue weighted by Crippen LogP contribution is 2.34. The number of benzene rings is 2. The molecule has 19 heteroatoms. The van der Waals surface area contributed by atoms with Gasteiger partial charge in [0.1, 0.15) is 24.4 Å². The van der Waals surface area contributed by atoms with Crippen LogP contribution in [-0.4, -0.2) is 96.0 Å². The van der Waals surface area contributed by atoms with Crippen molar-refractivity contribution in [1.29, 1.82) is 0 Å². The molecule has 1 atom stereocenters. The molecule has 0 bridgehead atoms. The lowest BCUT2D eigenvalue weighted by Crippen LogP contribution is -2.55. The lowest BCUT2D eigenvalue weighted by molar-refractivity contribution is -0.137. The molecule has 2 N–H and O–H groups in total. The summed E-state index contributed by atoms with van der Waals surface area (Å²) in [6.45, 7) is 5.47. The number of alkyl halides is 3. The first-order valence-corrected chi connectivity index (χ1v) is 17.6. The highest BCUT2D eigenvalue weighted by molar-refractivity contribution is 6.33. The Bertz CT molecular complexity index is 2360. The van der Waals surface area contributed by atoms with Gasteiger partial charge in [0.2, 0.25) is 11.3 Å². The molecule has 2 amide bonds. The number of hydrogen-bond donors (Lipinski definition) is 2. The largest absolute Gasteiger partial charge is 0.504 e. The first-order valence-electron chi connectivity index (χ1n) is 17.2. The summed E-state index contributed by atoms with van der Waals surface area (Å²) in [6, 6.07) is 6.49. The normalized spacial score (nSPS) is 14.9. The number of amides is 2. The number of fused-ring (bicyclic) bond motifs is 1. The highest BCUT2D eigenvalue weighted by Gasteiger charge is 2.35. The van der Waals surface area contributed by atoms with Gasteiger partial charge in [-0.1, -0.05) is 24.6 Å². The average molecular weight is 785 g/mol. The van der Waals surface area contributed by atoms with Crippen molar-refractivity contribution in [1.82, 2.24) is 39.3 Å². The van der Waals surface area contributed by atoms with Gasteiger partial charge in [-0.2, -0.15) is 13.2 Å². The van der Waals surface area contributed by atoms with Gasteiger partial charge < -0.3 is 29.7 Å². The van der Waals surface area contributed by atoms with E-state index in [0.717, 1.165) is 16.9 Å². The molecule has 55 heavy (non-hydrogen) atoms. The van der Waals surface area contributed by atoms with E-state index in [0.29, 0.717) is 23.9 Å². The summed E-state index contributed by atoms with van der Waals surface area (Å²) in [4.78, 5) is 55.6. The molecule has 1 aliphatic heterocycles. The fourth-order valence-electron chi connectivity index (χ4n) is 6.57. The molecular formula is C36H37ClF4N10O4. The van der Waals surface area contributed by atoms with E-state index in [1.165, 1.54) is 21.9 Å². The molecule has 3 aromatic heterocycles. The lowest BCUT2D eigenvalue weighted by Gasteiger charge is -2.41. The van der Waals surface area contributed by atoms with Crippen molar-refractivity contribution in [3.05, 3.63) is 92.0 Å². The van der Waals surface area contributed by atoms with Crippen LogP contribution < -0.4 is 15.6 Å². The van der Waals surface area contributed by atoms with Gasteiger partial charge in [0, 0.05) is 49.5 Å². The Kier molecular flexibility index (Phi) is 10.8. The van der Waals surface area contributed by atoms with E-state index in [2.05, 4.69) is 25.5 Å². The monoisotopic (exact) mass is 784 g/mol. The maximum Gasteiger partial charge on any atom is 0.416 e. The summed E-state index contributed by atoms with van der Waals surface area (Å²) in [5.74, 6) is -2.04. The number of aryl methyl sites for hydroxylation is 1. The smallest absolute Gasteiger partial charge is 0.416 e. The summed E-state index contributed by atoms with van der Waals surface area (Å²) in [5, 5.41) is 21.7. The van der Waals surface area contributed by atoms with Gasteiger partial charge in [0.15, 0.2) is 22.6 Å². The Labute approximate surface area is 316 Å². The van der Waals surface area contributed by atoms with Gasteiger partial charge in [-0.3, -0.25) is 14.4 Å². The van der Waals surface area contributed by atoms with E-state index in [4.69, 9.17) is 11.6 Å². The second kappa shape index (κ2) is 15.3. The molecule has 14 nitrogen and oxygen atoms in total. The van der Waals surface area contributed by atoms with Crippen LogP contribution in [0.5, 0.6) is 5.75 Å². The van der Waals surface area contributed by atoms with Crippen LogP contribution in [0.4, 0.5) is 28.9 Å². The van der Waals surface area contributed by atoms with E-state index in [1.54, 1.807) is 56.8 Å². The number of halogens is 5. The average Bonchev–Trinajstić information content (AvgIpc) is 3.57. The Morgan fingerprint density at radius 2 is 1.84 bits per heavy atom. The van der Waals surface area contributed by atoms with Gasteiger partial charge in [0.05, 0.1) is 27.7 Å². The number of carbonyl (C=O) groups is 2. The molecule has 0 aliphatic carbocycles. The van der Waals surface area contributed by atoms with Gasteiger partial charge >= 0.3 is 6.18 Å². The van der Waals surface area contributed by atoms with E-state index in [-0.39, 0.29) is 76.4 Å². The van der Waals surface area contributed by atoms with Crippen LogP contribution in [0.3, 0.4) is 0 Å². The number of pyridine rings is 1. The summed E-state index contributed by atoms with van der Waals surface area (Å²) < 4.78 is 56.5. The third-order valence-corrected chi connectivity index (χ3v) is 9.57. The molecule has 1 saturated heterocycles. The van der Waals surface area contributed by atoms with Crippen molar-refractivity contribution < 1.29 is 32.3 Å². The molecular weight excluding hydrogens is 748 g/mol. The molecule has 5 aromatic rings. The molecule has 0 saturated carbocycles. The Hall–Kier alpha value is -5.62. The summed E-state index contributed by atoms with van der Waals surface area (Å²) >= 11 is 6.13. The maximum atomic E-state index is 15.2. The molecule has 2 aromatic carbocycles. The van der Waals surface area contributed by atoms with Crippen LogP contribution >= 0.6 is 11.6 Å². The topological polar surface area (TPSA) is 155 Å². The minimum Gasteiger partial charge on any atom is -0.504 e. The quantitative estimate of drug-likeness (QED) is 0.199. The van der Waals surface area contributed by atoms with Crippen LogP contribution in [0, 0.1) is 12.7 Å². The second-order valence-electron chi connectivity index (χ2n) is 13.4. The predicted molar refractivity (Wildman–Crippen MR) is 196 cm³/mol. The molecule has 4 heterocycles. The highest BCUT2D eigenvalue weighted by atomic mass is 35.5. The number of aromatic nitrogens is 6. The number of rotatable bonds is 9. The summed E-state index contributed by atoms with van der Waals surface area (Å²) in [7, 11) is 3.60. The molecule has 0 radical (unpaired) electrons. The number of piperazine rings is 1. The molecule has 290 valence electrons. The first-order chi connectivity index (χ1) is 26.0. The van der Waals surface area contributed by atoms with E-state index in [1.807, 2.05) is 0 Å². The van der Waals surface area contributed by atoms with Crippen LogP contribution in [0.2, 0.25) is 5.02 Å². The lowest BCUT2D eigenvalue weighted by atomic mass is 10.1. The molecule has 0 spiro atoms. The van der Waals surface area contributed by atoms with Crippen LogP contribution in [0.25, 0.3) is 16.9 Å². The Morgan fingerprint density at radius 3 is 2.47 bits per heavy atom. The van der Waals surface area contributed by atoms with Crippen molar-refractivity contribution in [2.24, 2.45) is 0 Å². The van der Waals surface area contributed by atoms with Crippen molar-refractivity contribution in [2.75, 3.05) is 43.9 Å². The number of anilines is 2. The maximum absolute atomic E-state index is 15.2. The van der Waals surface area contributed by atoms with Gasteiger partial charge in [0.25, 0.3) is 5.91 Å². The molecule has 1 fully saturated rings. The van der Waals surface area contributed by atoms with Crippen LogP contribution in [0.1, 0.15) is 46.9 Å². The van der Waals surface area contributed by atoms with E-state index in [9.17, 15) is 32.7 Å². The van der Waals surface area contributed by atoms with Gasteiger partial charge in [-0.15, -0.1) is 15.0 Å². The fourth-order valence-corrected chi connectivity index (χ4v) is 6.80. The number of nitrogens with zero attached hydrogens (tertiary/aromatic N) is 9. The number of nitrogens with one attached hydrogen (secondary N) is 1. The van der Waals surface area contributed by atoms with Crippen LogP contribution in [-0.2, 0) is 30.5 Å². The SMILES string of the molecule is CCc1c(N2CCN(C(=O)c3ncnc(C)c3O)[C@H](C)C2)c(=O)c2nn(-c3ccc(CN(C)C)c(F)c3)nc2n1CC(=O)Nc1ccc(C(F)(F)F)cc1Cl. The second-order valence-corrected chi connectivity index (χ2v) is 13.8. The zero-order valence-electron chi connectivity index (χ0n) is 30.4. The predicted octanol–water partition coefficient (Wildman–Crippen LogP) is 4.81. The zero-order valence-corrected chi connectivity index (χ0v) is 31.2. The Morgan fingerprint density at radius 1 is 1.09 bits per heavy atom.